The van der Waals surface area contributed by atoms with Crippen LogP contribution >= 0.6 is 23.7 Å². The summed E-state index contributed by atoms with van der Waals surface area (Å²) < 4.78 is 19.6. The van der Waals surface area contributed by atoms with Crippen LogP contribution in [0.25, 0.3) is 11.8 Å². The van der Waals surface area contributed by atoms with Crippen molar-refractivity contribution < 1.29 is 9.18 Å². The lowest BCUT2D eigenvalue weighted by atomic mass is 10.1. The molecule has 3 heterocycles. The highest BCUT2D eigenvalue weighted by molar-refractivity contribution is 8.19. The average molecular weight is 428 g/mol. The van der Waals surface area contributed by atoms with Crippen LogP contribution in [0.2, 0.25) is 0 Å². The second kappa shape index (κ2) is 7.64. The Bertz CT molecular complexity index is 1110. The van der Waals surface area contributed by atoms with E-state index in [4.69, 9.17) is 5.41 Å². The number of aliphatic imine (C=N–C) groups is 1. The van der Waals surface area contributed by atoms with Gasteiger partial charge in [-0.2, -0.15) is 9.39 Å². The maximum Gasteiger partial charge on any atom is 0.283 e. The fraction of sp³-hybridized carbons (Fsp3) is 0.200. The van der Waals surface area contributed by atoms with Crippen molar-refractivity contribution in [1.82, 2.24) is 9.47 Å². The van der Waals surface area contributed by atoms with Gasteiger partial charge in [0.1, 0.15) is 11.7 Å². The van der Waals surface area contributed by atoms with Gasteiger partial charge >= 0.3 is 0 Å². The third kappa shape index (κ3) is 3.44. The Kier molecular flexibility index (Phi) is 5.18. The normalized spacial score (nSPS) is 17.7. The Labute approximate surface area is 176 Å². The number of carbonyl (C=O) groups excluding carboxylic acids is 1. The van der Waals surface area contributed by atoms with Gasteiger partial charge in [-0.25, -0.2) is 9.29 Å². The van der Waals surface area contributed by atoms with Gasteiger partial charge in [0.2, 0.25) is 5.17 Å². The van der Waals surface area contributed by atoms with Crippen LogP contribution < -0.4 is 0 Å². The minimum absolute atomic E-state index is 0.0799. The third-order valence-corrected chi connectivity index (χ3v) is 6.26. The highest BCUT2D eigenvalue weighted by Crippen LogP contribution is 2.32. The monoisotopic (exact) mass is 427 g/mol. The van der Waals surface area contributed by atoms with E-state index in [2.05, 4.69) is 9.39 Å². The second-order valence-electron chi connectivity index (χ2n) is 6.48. The average Bonchev–Trinajstić information content (AvgIpc) is 3.20. The molecule has 0 unspecified atom stereocenters. The molecule has 0 saturated carbocycles. The molecule has 0 radical (unpaired) electrons. The zero-order valence-electron chi connectivity index (χ0n) is 16.1. The van der Waals surface area contributed by atoms with E-state index in [1.165, 1.54) is 23.9 Å². The van der Waals surface area contributed by atoms with Crippen molar-refractivity contribution >= 4 is 51.9 Å². The minimum atomic E-state index is -0.446. The van der Waals surface area contributed by atoms with Gasteiger partial charge in [0.15, 0.2) is 5.17 Å². The molecule has 1 N–H and O–H groups in total. The quantitative estimate of drug-likeness (QED) is 0.576. The fourth-order valence-corrected chi connectivity index (χ4v) is 4.87. The van der Waals surface area contributed by atoms with Crippen molar-refractivity contribution in [1.29, 1.82) is 5.41 Å². The van der Waals surface area contributed by atoms with Gasteiger partial charge in [-0.15, -0.1) is 0 Å². The Morgan fingerprint density at radius 1 is 1.28 bits per heavy atom. The first-order valence-electron chi connectivity index (χ1n) is 8.97. The number of carbonyl (C=O) groups is 1. The smallest absolute Gasteiger partial charge is 0.283 e. The highest BCUT2D eigenvalue weighted by atomic mass is 32.2. The molecule has 4 rings (SSSR count). The van der Waals surface area contributed by atoms with E-state index >= 15 is 0 Å². The molecule has 1 aromatic carbocycles. The van der Waals surface area contributed by atoms with Gasteiger partial charge < -0.3 is 4.57 Å². The van der Waals surface area contributed by atoms with Gasteiger partial charge in [0.05, 0.1) is 17.5 Å². The van der Waals surface area contributed by atoms with Crippen molar-refractivity contribution in [3.8, 4) is 5.69 Å². The number of hydrogen-bond donors (Lipinski definition) is 1. The van der Waals surface area contributed by atoms with E-state index in [9.17, 15) is 9.18 Å². The summed E-state index contributed by atoms with van der Waals surface area (Å²) in [5.41, 5.74) is 3.71. The summed E-state index contributed by atoms with van der Waals surface area (Å²) in [5.74, 6) is 0.149. The molecular formula is C20H18FN5OS2. The van der Waals surface area contributed by atoms with E-state index in [1.807, 2.05) is 31.4 Å². The first kappa shape index (κ1) is 19.7. The summed E-state index contributed by atoms with van der Waals surface area (Å²) >= 11 is 2.62. The summed E-state index contributed by atoms with van der Waals surface area (Å²) in [5, 5.41) is 9.67. The lowest BCUT2D eigenvalue weighted by Gasteiger charge is -2.24. The van der Waals surface area contributed by atoms with Gasteiger partial charge in [-0.3, -0.25) is 10.2 Å². The molecule has 9 heteroatoms. The molecule has 2 aromatic rings. The second-order valence-corrected chi connectivity index (χ2v) is 8.44. The number of nitrogens with one attached hydrogen (secondary N) is 1. The van der Waals surface area contributed by atoms with Gasteiger partial charge in [-0.05, 0) is 61.6 Å². The molecule has 6 nitrogen and oxygen atoms in total. The number of halogens is 1. The maximum absolute atomic E-state index is 13.3. The number of fused-ring (bicyclic) bond motifs is 1. The van der Waals surface area contributed by atoms with E-state index in [0.29, 0.717) is 10.3 Å². The largest absolute Gasteiger partial charge is 0.318 e. The molecule has 0 atom stereocenters. The fourth-order valence-electron chi connectivity index (χ4n) is 3.30. The number of rotatable bonds is 3. The summed E-state index contributed by atoms with van der Waals surface area (Å²) in [6.07, 6.45) is 1.70. The molecule has 148 valence electrons. The minimum Gasteiger partial charge on any atom is -0.318 e. The lowest BCUT2D eigenvalue weighted by molar-refractivity contribution is -0.114. The number of aryl methyl sites for hydroxylation is 1. The lowest BCUT2D eigenvalue weighted by Crippen LogP contribution is -2.41. The van der Waals surface area contributed by atoms with Crippen LogP contribution in [-0.4, -0.2) is 37.3 Å². The van der Waals surface area contributed by atoms with Crippen molar-refractivity contribution in [2.24, 2.45) is 9.39 Å². The van der Waals surface area contributed by atoms with Crippen molar-refractivity contribution in [3.63, 3.8) is 0 Å². The third-order valence-electron chi connectivity index (χ3n) is 4.62. The van der Waals surface area contributed by atoms with Gasteiger partial charge in [0.25, 0.3) is 5.91 Å². The summed E-state index contributed by atoms with van der Waals surface area (Å²) in [6.45, 7) is 5.88. The van der Waals surface area contributed by atoms with E-state index in [-0.39, 0.29) is 17.2 Å². The maximum atomic E-state index is 13.3. The molecule has 1 amide bonds. The number of amides is 1. The molecule has 0 fully saturated rings. The van der Waals surface area contributed by atoms with Crippen LogP contribution in [0.4, 0.5) is 4.39 Å². The predicted molar refractivity (Wildman–Crippen MR) is 118 cm³/mol. The van der Waals surface area contributed by atoms with E-state index in [0.717, 1.165) is 40.3 Å². The standard InChI is InChI=1S/C20H18FN5OS2/c1-4-28-20-24-29-19-23-18(27)16(17(22)26(19)20)10-13-9-11(2)25(12(13)3)15-7-5-14(21)6-8-15/h5-10,22H,4H2,1-3H3/b16-10-,22-17?. The molecule has 2 aliphatic heterocycles. The molecule has 0 bridgehead atoms. The SMILES string of the molecule is CCSC1=NSC2=NC(=O)/C(=C\c3cc(C)n(-c4ccc(F)cc4)c3C)C(=N)N12. The van der Waals surface area contributed by atoms with E-state index < -0.39 is 5.91 Å². The number of benzene rings is 1. The van der Waals surface area contributed by atoms with Crippen molar-refractivity contribution in [2.75, 3.05) is 5.75 Å². The van der Waals surface area contributed by atoms with Gasteiger partial charge in [0, 0.05) is 17.1 Å². The van der Waals surface area contributed by atoms with Crippen LogP contribution in [-0.2, 0) is 4.79 Å². The molecule has 0 aliphatic carbocycles. The number of aromatic nitrogens is 1. The first-order chi connectivity index (χ1) is 13.9. The molecule has 1 aromatic heterocycles. The van der Waals surface area contributed by atoms with Crippen molar-refractivity contribution in [2.45, 2.75) is 20.8 Å². The Morgan fingerprint density at radius 2 is 2.00 bits per heavy atom. The van der Waals surface area contributed by atoms with Crippen LogP contribution in [0.5, 0.6) is 0 Å². The topological polar surface area (TPSA) is 73.8 Å². The molecule has 29 heavy (non-hydrogen) atoms. The van der Waals surface area contributed by atoms with E-state index in [1.54, 1.807) is 23.1 Å². The highest BCUT2D eigenvalue weighted by Gasteiger charge is 2.37. The Morgan fingerprint density at radius 3 is 2.69 bits per heavy atom. The van der Waals surface area contributed by atoms with Crippen LogP contribution in [0.15, 0.2) is 45.3 Å². The first-order valence-corrected chi connectivity index (χ1v) is 10.7. The van der Waals surface area contributed by atoms with Crippen LogP contribution in [0.1, 0.15) is 23.9 Å². The number of hydrogen-bond acceptors (Lipinski definition) is 5. The zero-order chi connectivity index (χ0) is 20.7. The van der Waals surface area contributed by atoms with Crippen LogP contribution in [0, 0.1) is 25.1 Å². The predicted octanol–water partition coefficient (Wildman–Crippen LogP) is 4.56. The Balaban J connectivity index is 1.74. The number of amidine groups is 3. The zero-order valence-corrected chi connectivity index (χ0v) is 17.7. The molecular weight excluding hydrogens is 409 g/mol. The summed E-state index contributed by atoms with van der Waals surface area (Å²) in [4.78, 5) is 18.3. The molecule has 0 spiro atoms. The molecule has 0 saturated heterocycles. The Hall–Kier alpha value is -2.65. The number of nitrogens with zero attached hydrogens (tertiary/aromatic N) is 4. The summed E-state index contributed by atoms with van der Waals surface area (Å²) in [6, 6.07) is 8.20. The van der Waals surface area contributed by atoms with Gasteiger partial charge in [-0.1, -0.05) is 18.7 Å². The van der Waals surface area contributed by atoms with Crippen LogP contribution in [0.3, 0.4) is 0 Å². The molecule has 2 aliphatic rings. The van der Waals surface area contributed by atoms with Crippen molar-refractivity contribution in [3.05, 3.63) is 58.7 Å². The number of thioether (sulfide) groups is 1. The summed E-state index contributed by atoms with van der Waals surface area (Å²) in [7, 11) is 0.